The molecule has 198 valence electrons. The molecule has 0 heterocycles. The summed E-state index contributed by atoms with van der Waals surface area (Å²) in [5.74, 6) is -0.0307. The number of rotatable bonds is 14. The first-order valence-corrected chi connectivity index (χ1v) is 14.3. The highest BCUT2D eigenvalue weighted by Gasteiger charge is 2.27. The van der Waals surface area contributed by atoms with E-state index in [4.69, 9.17) is 16.3 Å². The monoisotopic (exact) mass is 537 g/mol. The van der Waals surface area contributed by atoms with Gasteiger partial charge in [-0.15, -0.1) is 0 Å². The van der Waals surface area contributed by atoms with Crippen molar-refractivity contribution in [1.82, 2.24) is 10.2 Å². The van der Waals surface area contributed by atoms with Crippen molar-refractivity contribution < 1.29 is 22.7 Å². The van der Waals surface area contributed by atoms with E-state index < -0.39 is 16.1 Å². The quantitative estimate of drug-likeness (QED) is 0.389. The second-order valence-corrected chi connectivity index (χ2v) is 10.8. The Morgan fingerprint density at radius 1 is 1.11 bits per heavy atom. The minimum atomic E-state index is -3.62. The molecule has 0 fully saturated rings. The van der Waals surface area contributed by atoms with Crippen molar-refractivity contribution in [2.45, 2.75) is 52.6 Å². The topological polar surface area (TPSA) is 96.0 Å². The van der Waals surface area contributed by atoms with Crippen molar-refractivity contribution in [1.29, 1.82) is 0 Å². The van der Waals surface area contributed by atoms with E-state index in [9.17, 15) is 18.0 Å². The van der Waals surface area contributed by atoms with Gasteiger partial charge in [-0.25, -0.2) is 8.42 Å². The number of carbonyl (C=O) groups is 2. The third-order valence-corrected chi connectivity index (χ3v) is 6.96. The van der Waals surface area contributed by atoms with Crippen molar-refractivity contribution in [3.8, 4) is 5.75 Å². The van der Waals surface area contributed by atoms with Crippen LogP contribution < -0.4 is 14.4 Å². The molecular formula is C26H36ClN3O5S. The fourth-order valence-corrected chi connectivity index (χ4v) is 4.92. The molecule has 10 heteroatoms. The molecule has 0 unspecified atom stereocenters. The predicted octanol–water partition coefficient (Wildman–Crippen LogP) is 4.23. The zero-order valence-electron chi connectivity index (χ0n) is 21.4. The summed E-state index contributed by atoms with van der Waals surface area (Å²) in [6, 6.07) is 13.4. The number of benzene rings is 2. The lowest BCUT2D eigenvalue weighted by molar-refractivity contribution is -0.140. The van der Waals surface area contributed by atoms with Crippen LogP contribution in [0, 0.1) is 0 Å². The first-order chi connectivity index (χ1) is 17.1. The van der Waals surface area contributed by atoms with E-state index in [1.54, 1.807) is 49.4 Å². The summed E-state index contributed by atoms with van der Waals surface area (Å²) in [5.41, 5.74) is 1.23. The van der Waals surface area contributed by atoms with Gasteiger partial charge in [0.05, 0.1) is 18.6 Å². The van der Waals surface area contributed by atoms with Gasteiger partial charge >= 0.3 is 0 Å². The molecule has 8 nitrogen and oxygen atoms in total. The summed E-state index contributed by atoms with van der Waals surface area (Å²) in [4.78, 5) is 27.5. The van der Waals surface area contributed by atoms with E-state index in [0.717, 1.165) is 18.2 Å². The van der Waals surface area contributed by atoms with Gasteiger partial charge in [0, 0.05) is 31.1 Å². The maximum atomic E-state index is 13.3. The maximum absolute atomic E-state index is 13.3. The fourth-order valence-electron chi connectivity index (χ4n) is 3.73. The normalized spacial score (nSPS) is 12.0. The Hall–Kier alpha value is -2.78. The fraction of sp³-hybridized carbons (Fsp3) is 0.462. The summed E-state index contributed by atoms with van der Waals surface area (Å²) in [7, 11) is -3.62. The molecule has 1 N–H and O–H groups in total. The molecule has 0 aromatic heterocycles. The third kappa shape index (κ3) is 8.71. The zero-order valence-corrected chi connectivity index (χ0v) is 22.9. The van der Waals surface area contributed by atoms with Crippen LogP contribution in [-0.2, 0) is 26.2 Å². The third-order valence-electron chi connectivity index (χ3n) is 5.54. The van der Waals surface area contributed by atoms with Crippen molar-refractivity contribution in [2.24, 2.45) is 0 Å². The number of hydrogen-bond donors (Lipinski definition) is 1. The predicted molar refractivity (Wildman–Crippen MR) is 144 cm³/mol. The number of amides is 2. The number of carbonyl (C=O) groups excluding carboxylic acids is 2. The zero-order chi connectivity index (χ0) is 26.7. The molecule has 0 bridgehead atoms. The Labute approximate surface area is 219 Å². The minimum absolute atomic E-state index is 0.0643. The van der Waals surface area contributed by atoms with Crippen LogP contribution in [0.15, 0.2) is 48.5 Å². The lowest BCUT2D eigenvalue weighted by Crippen LogP contribution is -2.47. The van der Waals surface area contributed by atoms with Crippen LogP contribution in [0.5, 0.6) is 5.75 Å². The molecule has 1 atom stereocenters. The molecule has 2 aromatic carbocycles. The van der Waals surface area contributed by atoms with Crippen LogP contribution in [0.4, 0.5) is 5.69 Å². The smallest absolute Gasteiger partial charge is 0.242 e. The first-order valence-electron chi connectivity index (χ1n) is 12.1. The maximum Gasteiger partial charge on any atom is 0.242 e. The van der Waals surface area contributed by atoms with Gasteiger partial charge in [-0.2, -0.15) is 0 Å². The summed E-state index contributed by atoms with van der Waals surface area (Å²) in [6.45, 7) is 6.69. The number of sulfonamides is 1. The second kappa shape index (κ2) is 14.1. The Morgan fingerprint density at radius 2 is 1.83 bits per heavy atom. The van der Waals surface area contributed by atoms with Crippen LogP contribution in [-0.4, -0.2) is 57.1 Å². The number of para-hydroxylation sites is 2. The molecule has 0 saturated carbocycles. The number of hydrogen-bond acceptors (Lipinski definition) is 5. The van der Waals surface area contributed by atoms with E-state index >= 15 is 0 Å². The molecule has 2 rings (SSSR count). The molecule has 2 amide bonds. The molecule has 0 aliphatic rings. The molecule has 0 spiro atoms. The Kier molecular flexibility index (Phi) is 11.5. The van der Waals surface area contributed by atoms with E-state index in [1.165, 1.54) is 9.21 Å². The Balaban J connectivity index is 2.19. The van der Waals surface area contributed by atoms with Gasteiger partial charge in [0.15, 0.2) is 0 Å². The van der Waals surface area contributed by atoms with Gasteiger partial charge < -0.3 is 15.0 Å². The van der Waals surface area contributed by atoms with Crippen molar-refractivity contribution in [3.63, 3.8) is 0 Å². The van der Waals surface area contributed by atoms with Gasteiger partial charge in [-0.3, -0.25) is 13.9 Å². The van der Waals surface area contributed by atoms with Crippen LogP contribution in [0.25, 0.3) is 0 Å². The number of halogens is 1. The molecule has 0 aliphatic heterocycles. The summed E-state index contributed by atoms with van der Waals surface area (Å²) < 4.78 is 32.0. The number of anilines is 1. The largest absolute Gasteiger partial charge is 0.492 e. The van der Waals surface area contributed by atoms with Gasteiger partial charge in [0.2, 0.25) is 21.8 Å². The van der Waals surface area contributed by atoms with Gasteiger partial charge in [-0.05, 0) is 56.5 Å². The van der Waals surface area contributed by atoms with E-state index in [0.29, 0.717) is 29.6 Å². The van der Waals surface area contributed by atoms with Crippen LogP contribution >= 0.6 is 11.6 Å². The van der Waals surface area contributed by atoms with Crippen LogP contribution in [0.3, 0.4) is 0 Å². The van der Waals surface area contributed by atoms with Crippen LogP contribution in [0.2, 0.25) is 5.02 Å². The van der Waals surface area contributed by atoms with E-state index in [2.05, 4.69) is 5.32 Å². The Morgan fingerprint density at radius 3 is 2.47 bits per heavy atom. The van der Waals surface area contributed by atoms with Gasteiger partial charge in [-0.1, -0.05) is 42.8 Å². The van der Waals surface area contributed by atoms with Gasteiger partial charge in [0.25, 0.3) is 0 Å². The second-order valence-electron chi connectivity index (χ2n) is 8.46. The molecule has 0 saturated heterocycles. The Bertz CT molecular complexity index is 1130. The average Bonchev–Trinajstić information content (AvgIpc) is 2.83. The standard InChI is InChI=1S/C26H36ClN3O5S/c1-5-16-28-26(32)20(3)29(19-21-11-9-12-22(27)18-21)25(31)15-10-17-30(36(4,33)34)23-13-7-8-14-24(23)35-6-2/h7-9,11-14,18,20H,5-6,10,15-17,19H2,1-4H3,(H,28,32)/t20-/m1/s1. The summed E-state index contributed by atoms with van der Waals surface area (Å²) in [5, 5.41) is 3.38. The molecule has 0 aliphatic carbocycles. The highest BCUT2D eigenvalue weighted by molar-refractivity contribution is 7.92. The highest BCUT2D eigenvalue weighted by Crippen LogP contribution is 2.30. The molecule has 2 aromatic rings. The lowest BCUT2D eigenvalue weighted by atomic mass is 10.1. The molecule has 36 heavy (non-hydrogen) atoms. The van der Waals surface area contributed by atoms with Crippen molar-refractivity contribution in [3.05, 3.63) is 59.1 Å². The highest BCUT2D eigenvalue weighted by atomic mass is 35.5. The molecular weight excluding hydrogens is 502 g/mol. The number of nitrogens with zero attached hydrogens (tertiary/aromatic N) is 2. The molecule has 0 radical (unpaired) electrons. The SMILES string of the molecule is CCCNC(=O)[C@@H](C)N(Cc1cccc(Cl)c1)C(=O)CCCN(c1ccccc1OCC)S(C)(=O)=O. The van der Waals surface area contributed by atoms with Gasteiger partial charge in [0.1, 0.15) is 11.8 Å². The number of nitrogens with one attached hydrogen (secondary N) is 1. The van der Waals surface area contributed by atoms with Crippen LogP contribution in [0.1, 0.15) is 45.6 Å². The first kappa shape index (κ1) is 29.5. The van der Waals surface area contributed by atoms with Crippen molar-refractivity contribution in [2.75, 3.05) is 30.3 Å². The summed E-state index contributed by atoms with van der Waals surface area (Å²) >= 11 is 6.12. The average molecular weight is 538 g/mol. The lowest BCUT2D eigenvalue weighted by Gasteiger charge is -2.29. The van der Waals surface area contributed by atoms with E-state index in [1.807, 2.05) is 19.9 Å². The van der Waals surface area contributed by atoms with E-state index in [-0.39, 0.29) is 37.7 Å². The number of ether oxygens (including phenoxy) is 1. The minimum Gasteiger partial charge on any atom is -0.492 e. The van der Waals surface area contributed by atoms with Crippen molar-refractivity contribution >= 4 is 39.1 Å². The summed E-state index contributed by atoms with van der Waals surface area (Å²) in [6.07, 6.45) is 2.24.